The Morgan fingerprint density at radius 3 is 3.00 bits per heavy atom. The Labute approximate surface area is 68.7 Å². The zero-order valence-electron chi connectivity index (χ0n) is 7.29. The summed E-state index contributed by atoms with van der Waals surface area (Å²) in [6, 6.07) is 0.608. The highest BCUT2D eigenvalue weighted by molar-refractivity contribution is 4.94. The molecule has 1 aliphatic heterocycles. The van der Waals surface area contributed by atoms with Crippen LogP contribution in [-0.4, -0.2) is 30.6 Å². The van der Waals surface area contributed by atoms with Gasteiger partial charge in [0.25, 0.3) is 0 Å². The highest BCUT2D eigenvalue weighted by atomic mass is 15.2. The Morgan fingerprint density at radius 1 is 1.55 bits per heavy atom. The molecule has 1 saturated carbocycles. The van der Waals surface area contributed by atoms with E-state index in [1.807, 2.05) is 0 Å². The molecular formula is C9H18N2. The normalized spacial score (nSPS) is 39.8. The molecule has 3 atom stereocenters. The van der Waals surface area contributed by atoms with E-state index in [9.17, 15) is 0 Å². The Bertz CT molecular complexity index is 146. The minimum absolute atomic E-state index is 0.608. The van der Waals surface area contributed by atoms with Gasteiger partial charge in [0.1, 0.15) is 0 Å². The number of hydrogen-bond donors (Lipinski definition) is 1. The van der Waals surface area contributed by atoms with Crippen molar-refractivity contribution in [3.05, 3.63) is 0 Å². The molecule has 0 aromatic rings. The van der Waals surface area contributed by atoms with Crippen LogP contribution in [0.5, 0.6) is 0 Å². The van der Waals surface area contributed by atoms with Gasteiger partial charge in [-0.3, -0.25) is 4.90 Å². The minimum Gasteiger partial charge on any atom is -0.329 e. The second-order valence-electron chi connectivity index (χ2n) is 4.12. The van der Waals surface area contributed by atoms with Gasteiger partial charge in [0.05, 0.1) is 0 Å². The second kappa shape index (κ2) is 2.76. The molecule has 2 fully saturated rings. The van der Waals surface area contributed by atoms with Gasteiger partial charge in [-0.1, -0.05) is 0 Å². The van der Waals surface area contributed by atoms with Crippen LogP contribution in [-0.2, 0) is 0 Å². The summed E-state index contributed by atoms with van der Waals surface area (Å²) in [7, 11) is 0. The van der Waals surface area contributed by atoms with Crippen LogP contribution in [0, 0.1) is 11.8 Å². The molecule has 1 heterocycles. The van der Waals surface area contributed by atoms with Gasteiger partial charge in [-0.05, 0) is 38.1 Å². The first kappa shape index (κ1) is 7.56. The fourth-order valence-corrected chi connectivity index (χ4v) is 2.16. The Balaban J connectivity index is 1.84. The largest absolute Gasteiger partial charge is 0.329 e. The number of hydrogen-bond acceptors (Lipinski definition) is 2. The monoisotopic (exact) mass is 154 g/mol. The maximum Gasteiger partial charge on any atom is 0.0190 e. The summed E-state index contributed by atoms with van der Waals surface area (Å²) >= 11 is 0. The van der Waals surface area contributed by atoms with E-state index in [2.05, 4.69) is 11.8 Å². The number of likely N-dealkylation sites (tertiary alicyclic amines) is 1. The van der Waals surface area contributed by atoms with Gasteiger partial charge in [-0.25, -0.2) is 0 Å². The van der Waals surface area contributed by atoms with Gasteiger partial charge in [0.2, 0.25) is 0 Å². The van der Waals surface area contributed by atoms with Crippen molar-refractivity contribution in [2.45, 2.75) is 25.8 Å². The Kier molecular flexibility index (Phi) is 1.90. The van der Waals surface area contributed by atoms with Crippen LogP contribution in [0.2, 0.25) is 0 Å². The van der Waals surface area contributed by atoms with Crippen molar-refractivity contribution in [2.24, 2.45) is 17.6 Å². The number of rotatable bonds is 2. The third-order valence-corrected chi connectivity index (χ3v) is 3.29. The first-order chi connectivity index (χ1) is 5.31. The number of piperidine rings is 1. The molecule has 64 valence electrons. The molecule has 0 spiro atoms. The molecule has 2 N–H and O–H groups in total. The van der Waals surface area contributed by atoms with Crippen molar-refractivity contribution in [3.8, 4) is 0 Å². The van der Waals surface area contributed by atoms with Crippen molar-refractivity contribution < 1.29 is 0 Å². The third-order valence-electron chi connectivity index (χ3n) is 3.29. The minimum atomic E-state index is 0.608. The quantitative estimate of drug-likeness (QED) is 0.633. The number of nitrogens with zero attached hydrogens (tertiary/aromatic N) is 1. The predicted molar refractivity (Wildman–Crippen MR) is 46.3 cm³/mol. The second-order valence-corrected chi connectivity index (χ2v) is 4.12. The lowest BCUT2D eigenvalue weighted by atomic mass is 10.1. The van der Waals surface area contributed by atoms with Crippen molar-refractivity contribution in [2.75, 3.05) is 19.6 Å². The van der Waals surface area contributed by atoms with E-state index in [1.165, 1.54) is 25.9 Å². The third kappa shape index (κ3) is 1.42. The van der Waals surface area contributed by atoms with Gasteiger partial charge in [-0.15, -0.1) is 0 Å². The average molecular weight is 154 g/mol. The van der Waals surface area contributed by atoms with E-state index in [1.54, 1.807) is 0 Å². The van der Waals surface area contributed by atoms with Crippen molar-refractivity contribution in [3.63, 3.8) is 0 Å². The molecule has 0 amide bonds. The molecule has 1 saturated heterocycles. The molecular weight excluding hydrogens is 136 g/mol. The van der Waals surface area contributed by atoms with E-state index in [-0.39, 0.29) is 0 Å². The molecule has 11 heavy (non-hydrogen) atoms. The van der Waals surface area contributed by atoms with E-state index >= 15 is 0 Å². The molecule has 3 unspecified atom stereocenters. The summed E-state index contributed by atoms with van der Waals surface area (Å²) in [5.41, 5.74) is 5.62. The number of fused-ring (bicyclic) bond motifs is 1. The lowest BCUT2D eigenvalue weighted by Gasteiger charge is -2.31. The fourth-order valence-electron chi connectivity index (χ4n) is 2.16. The maximum atomic E-state index is 5.62. The molecule has 2 heteroatoms. The lowest BCUT2D eigenvalue weighted by molar-refractivity contribution is 0.170. The molecule has 2 aliphatic rings. The Morgan fingerprint density at radius 2 is 2.36 bits per heavy atom. The van der Waals surface area contributed by atoms with Gasteiger partial charge >= 0.3 is 0 Å². The molecule has 2 rings (SSSR count). The zero-order valence-corrected chi connectivity index (χ0v) is 7.29. The highest BCUT2D eigenvalue weighted by Gasteiger charge is 2.41. The molecule has 1 aliphatic carbocycles. The number of nitrogens with two attached hydrogens (primary N) is 1. The van der Waals surface area contributed by atoms with E-state index in [0.29, 0.717) is 6.04 Å². The van der Waals surface area contributed by atoms with E-state index in [4.69, 9.17) is 5.73 Å². The average Bonchev–Trinajstić information content (AvgIpc) is 2.80. The van der Waals surface area contributed by atoms with Crippen LogP contribution in [0.25, 0.3) is 0 Å². The predicted octanol–water partition coefficient (Wildman–Crippen LogP) is 0.675. The molecule has 0 aromatic heterocycles. The smallest absolute Gasteiger partial charge is 0.0190 e. The molecule has 2 nitrogen and oxygen atoms in total. The summed E-state index contributed by atoms with van der Waals surface area (Å²) < 4.78 is 0. The first-order valence-corrected chi connectivity index (χ1v) is 4.75. The molecule has 0 radical (unpaired) electrons. The SMILES string of the molecule is CC(CN)N1CCC2CC2C1. The molecule has 0 bridgehead atoms. The highest BCUT2D eigenvalue weighted by Crippen LogP contribution is 2.45. The molecule has 0 aromatic carbocycles. The van der Waals surface area contributed by atoms with Crippen LogP contribution >= 0.6 is 0 Å². The van der Waals surface area contributed by atoms with Gasteiger partial charge < -0.3 is 5.73 Å². The van der Waals surface area contributed by atoms with Crippen LogP contribution in [0.1, 0.15) is 19.8 Å². The van der Waals surface area contributed by atoms with Crippen molar-refractivity contribution in [1.29, 1.82) is 0 Å². The van der Waals surface area contributed by atoms with Crippen molar-refractivity contribution in [1.82, 2.24) is 4.90 Å². The van der Waals surface area contributed by atoms with Crippen LogP contribution in [0.4, 0.5) is 0 Å². The summed E-state index contributed by atoms with van der Waals surface area (Å²) in [6.45, 7) is 5.67. The van der Waals surface area contributed by atoms with E-state index in [0.717, 1.165) is 18.4 Å². The van der Waals surface area contributed by atoms with Gasteiger partial charge in [0, 0.05) is 19.1 Å². The summed E-state index contributed by atoms with van der Waals surface area (Å²) in [6.07, 6.45) is 2.92. The lowest BCUT2D eigenvalue weighted by Crippen LogP contribution is -2.42. The van der Waals surface area contributed by atoms with Crippen molar-refractivity contribution >= 4 is 0 Å². The maximum absolute atomic E-state index is 5.62. The zero-order chi connectivity index (χ0) is 7.84. The van der Waals surface area contributed by atoms with Gasteiger partial charge in [0.15, 0.2) is 0 Å². The summed E-state index contributed by atoms with van der Waals surface area (Å²) in [5, 5.41) is 0. The Hall–Kier alpha value is -0.0800. The van der Waals surface area contributed by atoms with Gasteiger partial charge in [-0.2, -0.15) is 0 Å². The van der Waals surface area contributed by atoms with E-state index < -0.39 is 0 Å². The first-order valence-electron chi connectivity index (χ1n) is 4.75. The standard InChI is InChI=1S/C9H18N2/c1-7(5-10)11-3-2-8-4-9(8)6-11/h7-9H,2-6,10H2,1H3. The van der Waals surface area contributed by atoms with Crippen LogP contribution < -0.4 is 5.73 Å². The van der Waals surface area contributed by atoms with Crippen LogP contribution in [0.15, 0.2) is 0 Å². The topological polar surface area (TPSA) is 29.3 Å². The van der Waals surface area contributed by atoms with Crippen LogP contribution in [0.3, 0.4) is 0 Å². The summed E-state index contributed by atoms with van der Waals surface area (Å²) in [5.74, 6) is 2.13. The summed E-state index contributed by atoms with van der Waals surface area (Å²) in [4.78, 5) is 2.55. The fraction of sp³-hybridized carbons (Fsp3) is 1.00.